The Labute approximate surface area is 131 Å². The van der Waals surface area contributed by atoms with Crippen LogP contribution in [0.4, 0.5) is 0 Å². The van der Waals surface area contributed by atoms with Crippen LogP contribution in [-0.2, 0) is 13.5 Å². The number of nitrogens with zero attached hydrogens (tertiary/aromatic N) is 4. The molecule has 0 radical (unpaired) electrons. The number of imide groups is 1. The van der Waals surface area contributed by atoms with E-state index in [9.17, 15) is 14.4 Å². The summed E-state index contributed by atoms with van der Waals surface area (Å²) in [6.45, 7) is 0.219. The van der Waals surface area contributed by atoms with Gasteiger partial charge in [-0.3, -0.25) is 19.2 Å². The number of amides is 2. The fraction of sp³-hybridized carbons (Fsp3) is 0.267. The second-order valence-corrected chi connectivity index (χ2v) is 5.22. The van der Waals surface area contributed by atoms with Crippen molar-refractivity contribution in [2.45, 2.75) is 12.8 Å². The quantitative estimate of drug-likeness (QED) is 0.816. The molecule has 0 fully saturated rings. The highest BCUT2D eigenvalue weighted by molar-refractivity contribution is 6.21. The Morgan fingerprint density at radius 3 is 2.35 bits per heavy atom. The topological polar surface area (TPSA) is 105 Å². The van der Waals surface area contributed by atoms with Crippen LogP contribution in [0.3, 0.4) is 0 Å². The molecule has 2 aromatic rings. The largest absolute Gasteiger partial charge is 0.476 e. The van der Waals surface area contributed by atoms with Crippen molar-refractivity contribution < 1.29 is 19.5 Å². The molecule has 1 aliphatic rings. The Kier molecular flexibility index (Phi) is 3.65. The minimum Gasteiger partial charge on any atom is -0.476 e. The number of carbonyl (C=O) groups excluding carboxylic acids is 2. The molecule has 1 aliphatic heterocycles. The van der Waals surface area contributed by atoms with Gasteiger partial charge in [0.2, 0.25) is 0 Å². The van der Waals surface area contributed by atoms with Gasteiger partial charge >= 0.3 is 5.97 Å². The van der Waals surface area contributed by atoms with Crippen molar-refractivity contribution in [2.24, 2.45) is 7.05 Å². The number of fused-ring (bicyclic) bond motifs is 1. The summed E-state index contributed by atoms with van der Waals surface area (Å²) in [7, 11) is 1.61. The number of carbonyl (C=O) groups is 3. The molecule has 0 aliphatic carbocycles. The normalized spacial score (nSPS) is 13.5. The van der Waals surface area contributed by atoms with Crippen molar-refractivity contribution in [2.75, 3.05) is 6.54 Å². The zero-order chi connectivity index (χ0) is 16.6. The van der Waals surface area contributed by atoms with E-state index in [-0.39, 0.29) is 24.1 Å². The van der Waals surface area contributed by atoms with Crippen molar-refractivity contribution in [3.63, 3.8) is 0 Å². The maximum Gasteiger partial charge on any atom is 0.358 e. The molecule has 3 rings (SSSR count). The van der Waals surface area contributed by atoms with Crippen LogP contribution in [0.15, 0.2) is 24.3 Å². The van der Waals surface area contributed by atoms with Crippen LogP contribution in [-0.4, -0.2) is 49.3 Å². The van der Waals surface area contributed by atoms with Gasteiger partial charge in [0.05, 0.1) is 16.8 Å². The SMILES string of the molecule is Cn1nnc(C(=O)O)c1CCCN1C(=O)c2ccccc2C1=O. The van der Waals surface area contributed by atoms with Crippen LogP contribution >= 0.6 is 0 Å². The van der Waals surface area contributed by atoms with E-state index in [2.05, 4.69) is 10.3 Å². The molecule has 0 spiro atoms. The molecule has 0 bridgehead atoms. The highest BCUT2D eigenvalue weighted by Crippen LogP contribution is 2.22. The lowest BCUT2D eigenvalue weighted by molar-refractivity contribution is 0.0645. The summed E-state index contributed by atoms with van der Waals surface area (Å²) in [6.07, 6.45) is 0.797. The van der Waals surface area contributed by atoms with E-state index in [0.29, 0.717) is 29.7 Å². The molecule has 23 heavy (non-hydrogen) atoms. The molecule has 2 amide bonds. The summed E-state index contributed by atoms with van der Waals surface area (Å²) in [6, 6.07) is 6.69. The van der Waals surface area contributed by atoms with E-state index in [1.165, 1.54) is 9.58 Å². The lowest BCUT2D eigenvalue weighted by Gasteiger charge is -2.13. The average Bonchev–Trinajstić information content (AvgIpc) is 3.01. The van der Waals surface area contributed by atoms with E-state index in [1.54, 1.807) is 31.3 Å². The van der Waals surface area contributed by atoms with E-state index in [1.807, 2.05) is 0 Å². The van der Waals surface area contributed by atoms with Gasteiger partial charge in [-0.25, -0.2) is 4.79 Å². The Morgan fingerprint density at radius 1 is 1.17 bits per heavy atom. The Balaban J connectivity index is 1.69. The minimum atomic E-state index is -1.14. The molecule has 1 aromatic carbocycles. The summed E-state index contributed by atoms with van der Waals surface area (Å²) in [5.41, 5.74) is 1.18. The van der Waals surface area contributed by atoms with E-state index in [4.69, 9.17) is 5.11 Å². The van der Waals surface area contributed by atoms with Gasteiger partial charge < -0.3 is 5.11 Å². The van der Waals surface area contributed by atoms with Crippen molar-refractivity contribution in [1.29, 1.82) is 0 Å². The zero-order valence-corrected chi connectivity index (χ0v) is 12.4. The number of carboxylic acid groups (broad SMARTS) is 1. The molecule has 118 valence electrons. The molecule has 0 saturated heterocycles. The molecule has 0 unspecified atom stereocenters. The van der Waals surface area contributed by atoms with E-state index < -0.39 is 5.97 Å². The van der Waals surface area contributed by atoms with Crippen LogP contribution in [0, 0.1) is 0 Å². The van der Waals surface area contributed by atoms with E-state index in [0.717, 1.165) is 0 Å². The minimum absolute atomic E-state index is 0.102. The van der Waals surface area contributed by atoms with Crippen LogP contribution in [0.25, 0.3) is 0 Å². The Hall–Kier alpha value is -3.03. The number of aromatic nitrogens is 3. The number of aryl methyl sites for hydroxylation is 1. The fourth-order valence-electron chi connectivity index (χ4n) is 2.67. The van der Waals surface area contributed by atoms with Crippen LogP contribution in [0.5, 0.6) is 0 Å². The molecular weight excluding hydrogens is 300 g/mol. The van der Waals surface area contributed by atoms with Crippen LogP contribution in [0.1, 0.15) is 43.3 Å². The fourth-order valence-corrected chi connectivity index (χ4v) is 2.67. The number of hydrogen-bond acceptors (Lipinski definition) is 5. The molecule has 2 heterocycles. The lowest BCUT2D eigenvalue weighted by Crippen LogP contribution is -2.31. The van der Waals surface area contributed by atoms with Gasteiger partial charge in [-0.15, -0.1) is 5.10 Å². The van der Waals surface area contributed by atoms with Crippen molar-refractivity contribution >= 4 is 17.8 Å². The van der Waals surface area contributed by atoms with Gasteiger partial charge in [-0.1, -0.05) is 17.3 Å². The number of rotatable bonds is 5. The van der Waals surface area contributed by atoms with Crippen molar-refractivity contribution in [3.8, 4) is 0 Å². The summed E-state index contributed by atoms with van der Waals surface area (Å²) < 4.78 is 1.39. The molecule has 1 N–H and O–H groups in total. The number of carboxylic acids is 1. The average molecular weight is 314 g/mol. The van der Waals surface area contributed by atoms with Gasteiger partial charge in [0.1, 0.15) is 0 Å². The highest BCUT2D eigenvalue weighted by atomic mass is 16.4. The molecule has 0 saturated carbocycles. The number of hydrogen-bond donors (Lipinski definition) is 1. The maximum absolute atomic E-state index is 12.2. The highest BCUT2D eigenvalue weighted by Gasteiger charge is 2.34. The first kappa shape index (κ1) is 14.9. The van der Waals surface area contributed by atoms with E-state index >= 15 is 0 Å². The van der Waals surface area contributed by atoms with Gasteiger partial charge in [0, 0.05) is 13.6 Å². The predicted molar refractivity (Wildman–Crippen MR) is 78.1 cm³/mol. The van der Waals surface area contributed by atoms with Gasteiger partial charge in [0.25, 0.3) is 11.8 Å². The number of benzene rings is 1. The first-order valence-electron chi connectivity index (χ1n) is 7.07. The standard InChI is InChI=1S/C15H14N4O4/c1-18-11(12(15(22)23)16-17-18)7-4-8-19-13(20)9-5-2-3-6-10(9)14(19)21/h2-3,5-6H,4,7-8H2,1H3,(H,22,23). The van der Waals surface area contributed by atoms with Crippen molar-refractivity contribution in [1.82, 2.24) is 19.9 Å². The Bertz CT molecular complexity index is 777. The molecule has 0 atom stereocenters. The summed E-state index contributed by atoms with van der Waals surface area (Å²) in [4.78, 5) is 36.7. The monoisotopic (exact) mass is 314 g/mol. The summed E-state index contributed by atoms with van der Waals surface area (Å²) in [5.74, 6) is -1.77. The smallest absolute Gasteiger partial charge is 0.358 e. The van der Waals surface area contributed by atoms with Gasteiger partial charge in [-0.2, -0.15) is 0 Å². The van der Waals surface area contributed by atoms with Crippen LogP contribution < -0.4 is 0 Å². The Morgan fingerprint density at radius 2 is 1.78 bits per heavy atom. The first-order valence-corrected chi connectivity index (χ1v) is 7.07. The second kappa shape index (κ2) is 5.64. The third kappa shape index (κ3) is 2.48. The third-order valence-corrected chi connectivity index (χ3v) is 3.82. The molecule has 8 heteroatoms. The molecule has 8 nitrogen and oxygen atoms in total. The second-order valence-electron chi connectivity index (χ2n) is 5.22. The van der Waals surface area contributed by atoms with Crippen molar-refractivity contribution in [3.05, 3.63) is 46.8 Å². The first-order chi connectivity index (χ1) is 11.0. The van der Waals surface area contributed by atoms with Gasteiger partial charge in [0.15, 0.2) is 5.69 Å². The molecule has 1 aromatic heterocycles. The maximum atomic E-state index is 12.2. The lowest BCUT2D eigenvalue weighted by atomic mass is 10.1. The third-order valence-electron chi connectivity index (χ3n) is 3.82. The molecular formula is C15H14N4O4. The number of aromatic carboxylic acids is 1. The zero-order valence-electron chi connectivity index (χ0n) is 12.4. The predicted octanol–water partition coefficient (Wildman–Crippen LogP) is 0.742. The summed E-state index contributed by atoms with van der Waals surface area (Å²) >= 11 is 0. The van der Waals surface area contributed by atoms with Crippen LogP contribution in [0.2, 0.25) is 0 Å². The summed E-state index contributed by atoms with van der Waals surface area (Å²) in [5, 5.41) is 16.3. The van der Waals surface area contributed by atoms with Gasteiger partial charge in [-0.05, 0) is 25.0 Å².